The molecule has 0 rings (SSSR count). The van der Waals surface area contributed by atoms with E-state index in [2.05, 4.69) is 4.72 Å². The van der Waals surface area contributed by atoms with Crippen LogP contribution < -0.4 is 10.5 Å². The zero-order valence-corrected chi connectivity index (χ0v) is 17.6. The molecule has 22 heavy (non-hydrogen) atoms. The van der Waals surface area contributed by atoms with Gasteiger partial charge >= 0.3 is 0 Å². The summed E-state index contributed by atoms with van der Waals surface area (Å²) in [7, 11) is -0.0182. The van der Waals surface area contributed by atoms with E-state index in [-0.39, 0.29) is 34.3 Å². The summed E-state index contributed by atoms with van der Waals surface area (Å²) in [4.78, 5) is -0.541. The molecule has 0 aliphatic carbocycles. The SMILES string of the molecule is C.CC(C)(Cl)CN.CC(C)(Cl)CNS(=O)C(C)(C)C.CO.Cl. The van der Waals surface area contributed by atoms with Gasteiger partial charge in [0.1, 0.15) is 0 Å². The number of aliphatic hydroxyl groups is 1. The molecule has 0 saturated heterocycles. The highest BCUT2D eigenvalue weighted by atomic mass is 35.5. The number of nitrogens with one attached hydrogen (secondary N) is 1. The lowest BCUT2D eigenvalue weighted by Gasteiger charge is -2.22. The Hall–Kier alpha value is 0.900. The second-order valence-corrected chi connectivity index (χ2v) is 10.4. The van der Waals surface area contributed by atoms with Crippen molar-refractivity contribution in [2.75, 3.05) is 20.2 Å². The molecule has 0 amide bonds. The van der Waals surface area contributed by atoms with E-state index >= 15 is 0 Å². The van der Waals surface area contributed by atoms with E-state index in [9.17, 15) is 4.21 Å². The van der Waals surface area contributed by atoms with Crippen molar-refractivity contribution < 1.29 is 9.32 Å². The van der Waals surface area contributed by atoms with Crippen molar-refractivity contribution in [2.24, 2.45) is 5.73 Å². The molecular formula is C14H37Cl3N2O2S. The molecule has 0 spiro atoms. The molecule has 0 saturated carbocycles. The molecule has 0 aromatic heterocycles. The van der Waals surface area contributed by atoms with Crippen molar-refractivity contribution in [1.82, 2.24) is 4.72 Å². The van der Waals surface area contributed by atoms with Crippen LogP contribution in [0.15, 0.2) is 0 Å². The van der Waals surface area contributed by atoms with Gasteiger partial charge in [-0.05, 0) is 48.5 Å². The van der Waals surface area contributed by atoms with E-state index in [4.69, 9.17) is 34.0 Å². The van der Waals surface area contributed by atoms with Crippen LogP contribution in [0.5, 0.6) is 0 Å². The topological polar surface area (TPSA) is 75.3 Å². The van der Waals surface area contributed by atoms with Crippen LogP contribution in [0.4, 0.5) is 0 Å². The van der Waals surface area contributed by atoms with Gasteiger partial charge in [0.25, 0.3) is 0 Å². The summed E-state index contributed by atoms with van der Waals surface area (Å²) in [5.41, 5.74) is 5.17. The minimum Gasteiger partial charge on any atom is -0.400 e. The molecule has 0 aliphatic heterocycles. The lowest BCUT2D eigenvalue weighted by molar-refractivity contribution is 0.399. The van der Waals surface area contributed by atoms with Crippen LogP contribution in [-0.4, -0.2) is 44.0 Å². The molecule has 142 valence electrons. The quantitative estimate of drug-likeness (QED) is 0.627. The zero-order chi connectivity index (χ0) is 17.2. The van der Waals surface area contributed by atoms with Gasteiger partial charge in [0.15, 0.2) is 0 Å². The molecule has 0 heterocycles. The Bertz CT molecular complexity index is 260. The van der Waals surface area contributed by atoms with Gasteiger partial charge in [0, 0.05) is 20.2 Å². The number of hydrogen-bond donors (Lipinski definition) is 3. The third kappa shape index (κ3) is 32.7. The molecule has 0 bridgehead atoms. The molecule has 1 unspecified atom stereocenters. The first-order valence-electron chi connectivity index (χ1n) is 6.37. The molecule has 8 heteroatoms. The second-order valence-electron chi connectivity index (χ2n) is 6.34. The van der Waals surface area contributed by atoms with Gasteiger partial charge in [-0.2, -0.15) is 0 Å². The minimum atomic E-state index is -1.02. The lowest BCUT2D eigenvalue weighted by atomic mass is 10.2. The van der Waals surface area contributed by atoms with Gasteiger partial charge in [-0.25, -0.2) is 8.93 Å². The van der Waals surface area contributed by atoms with Crippen LogP contribution in [0.1, 0.15) is 55.9 Å². The van der Waals surface area contributed by atoms with Crippen molar-refractivity contribution in [3.8, 4) is 0 Å². The summed E-state index contributed by atoms with van der Waals surface area (Å²) in [6.07, 6.45) is 0. The fraction of sp³-hybridized carbons (Fsp3) is 1.00. The standard InChI is InChI=1S/C8H18ClNOS.C4H10ClN.CH4O.CH4.ClH/c1-7(2,3)12(11)10-6-8(4,5)9;1-4(2,5)3-6;1-2;;/h10H,6H2,1-5H3;3,6H2,1-2H3;2H,1H3;1H4;1H. The second kappa shape index (κ2) is 15.4. The number of nitrogens with two attached hydrogens (primary N) is 1. The van der Waals surface area contributed by atoms with E-state index < -0.39 is 11.0 Å². The van der Waals surface area contributed by atoms with E-state index in [0.717, 1.165) is 7.11 Å². The summed E-state index contributed by atoms with van der Waals surface area (Å²) in [6.45, 7) is 14.4. The lowest BCUT2D eigenvalue weighted by Crippen LogP contribution is -2.39. The van der Waals surface area contributed by atoms with Crippen molar-refractivity contribution in [3.05, 3.63) is 0 Å². The van der Waals surface area contributed by atoms with Crippen LogP contribution in [0, 0.1) is 0 Å². The molecular weight excluding hydrogens is 367 g/mol. The van der Waals surface area contributed by atoms with Crippen LogP contribution in [0.3, 0.4) is 0 Å². The van der Waals surface area contributed by atoms with Crippen LogP contribution >= 0.6 is 35.6 Å². The van der Waals surface area contributed by atoms with E-state index in [1.54, 1.807) is 0 Å². The molecule has 4 N–H and O–H groups in total. The normalized spacial score (nSPS) is 12.4. The number of halogens is 3. The van der Waals surface area contributed by atoms with Gasteiger partial charge in [-0.3, -0.25) is 0 Å². The maximum atomic E-state index is 11.5. The molecule has 0 fully saturated rings. The van der Waals surface area contributed by atoms with Crippen molar-refractivity contribution in [2.45, 2.75) is 70.4 Å². The molecule has 4 nitrogen and oxygen atoms in total. The summed E-state index contributed by atoms with van der Waals surface area (Å²) in [5, 5.41) is 7.00. The Morgan fingerprint density at radius 1 is 1.00 bits per heavy atom. The molecule has 0 aliphatic rings. The fourth-order valence-corrected chi connectivity index (χ4v) is 1.52. The molecule has 0 aromatic carbocycles. The van der Waals surface area contributed by atoms with Gasteiger partial charge < -0.3 is 10.8 Å². The highest BCUT2D eigenvalue weighted by molar-refractivity contribution is 7.84. The van der Waals surface area contributed by atoms with E-state index in [1.807, 2.05) is 48.5 Å². The number of aliphatic hydroxyl groups excluding tert-OH is 1. The molecule has 1 atom stereocenters. The first kappa shape index (κ1) is 34.3. The van der Waals surface area contributed by atoms with Crippen molar-refractivity contribution >= 4 is 46.6 Å². The average molecular weight is 404 g/mol. The summed E-state index contributed by atoms with van der Waals surface area (Å²) < 4.78 is 14.1. The largest absolute Gasteiger partial charge is 0.400 e. The van der Waals surface area contributed by atoms with Gasteiger partial charge in [-0.1, -0.05) is 7.43 Å². The third-order valence-electron chi connectivity index (χ3n) is 1.67. The average Bonchev–Trinajstić information content (AvgIpc) is 2.26. The Kier molecular flexibility index (Phi) is 24.0. The zero-order valence-electron chi connectivity index (χ0n) is 14.4. The minimum absolute atomic E-state index is 0. The maximum absolute atomic E-state index is 11.5. The summed E-state index contributed by atoms with van der Waals surface area (Å²) in [5.74, 6) is 0. The van der Waals surface area contributed by atoms with Gasteiger partial charge in [-0.15, -0.1) is 35.6 Å². The Labute approximate surface area is 156 Å². The number of rotatable bonds is 4. The maximum Gasteiger partial charge on any atom is 0.0970 e. The highest BCUT2D eigenvalue weighted by Crippen LogP contribution is 2.13. The summed E-state index contributed by atoms with van der Waals surface area (Å²) >= 11 is 11.5. The summed E-state index contributed by atoms with van der Waals surface area (Å²) in [6, 6.07) is 0. The van der Waals surface area contributed by atoms with Crippen molar-refractivity contribution in [3.63, 3.8) is 0 Å². The smallest absolute Gasteiger partial charge is 0.0970 e. The Balaban J connectivity index is -0.0000000829. The molecule has 0 aromatic rings. The predicted octanol–water partition coefficient (Wildman–Crippen LogP) is 3.68. The number of alkyl halides is 2. The van der Waals surface area contributed by atoms with Gasteiger partial charge in [0.2, 0.25) is 0 Å². The van der Waals surface area contributed by atoms with Crippen LogP contribution in [0.25, 0.3) is 0 Å². The first-order valence-corrected chi connectivity index (χ1v) is 8.27. The highest BCUT2D eigenvalue weighted by Gasteiger charge is 2.22. The monoisotopic (exact) mass is 402 g/mol. The van der Waals surface area contributed by atoms with Crippen LogP contribution in [-0.2, 0) is 11.0 Å². The van der Waals surface area contributed by atoms with Gasteiger partial charge in [0.05, 0.1) is 25.5 Å². The first-order chi connectivity index (χ1) is 8.69. The van der Waals surface area contributed by atoms with Crippen molar-refractivity contribution in [1.29, 1.82) is 0 Å². The van der Waals surface area contributed by atoms with Crippen LogP contribution in [0.2, 0.25) is 0 Å². The third-order valence-corrected chi connectivity index (χ3v) is 3.47. The van der Waals surface area contributed by atoms with E-state index in [0.29, 0.717) is 13.1 Å². The van der Waals surface area contributed by atoms with E-state index in [1.165, 1.54) is 0 Å². The molecule has 0 radical (unpaired) electrons. The Morgan fingerprint density at radius 3 is 1.41 bits per heavy atom. The Morgan fingerprint density at radius 2 is 1.27 bits per heavy atom. The predicted molar refractivity (Wildman–Crippen MR) is 107 cm³/mol. The fourth-order valence-electron chi connectivity index (χ4n) is 0.454. The number of hydrogen-bond acceptors (Lipinski definition) is 3.